The van der Waals surface area contributed by atoms with Crippen molar-refractivity contribution in [2.45, 2.75) is 12.6 Å². The first-order valence-corrected chi connectivity index (χ1v) is 6.06. The first kappa shape index (κ1) is 11.7. The van der Waals surface area contributed by atoms with Crippen LogP contribution in [0.5, 0.6) is 0 Å². The number of hydrogen-bond acceptors (Lipinski definition) is 4. The third-order valence-electron chi connectivity index (χ3n) is 3.09. The lowest BCUT2D eigenvalue weighted by Crippen LogP contribution is -2.15. The van der Waals surface area contributed by atoms with Crippen LogP contribution < -0.4 is 5.73 Å². The van der Waals surface area contributed by atoms with Crippen molar-refractivity contribution < 1.29 is 4.52 Å². The summed E-state index contributed by atoms with van der Waals surface area (Å²) in [6, 6.07) is 7.87. The van der Waals surface area contributed by atoms with Crippen molar-refractivity contribution in [3.8, 4) is 0 Å². The topological polar surface area (TPSA) is 74.8 Å². The maximum absolute atomic E-state index is 5.52. The lowest BCUT2D eigenvalue weighted by atomic mass is 10.2. The van der Waals surface area contributed by atoms with E-state index in [4.69, 9.17) is 10.3 Å². The van der Waals surface area contributed by atoms with Gasteiger partial charge in [0.15, 0.2) is 0 Å². The van der Waals surface area contributed by atoms with Gasteiger partial charge in [0.25, 0.3) is 0 Å². The van der Waals surface area contributed by atoms with Crippen molar-refractivity contribution in [2.24, 2.45) is 12.8 Å². The summed E-state index contributed by atoms with van der Waals surface area (Å²) in [6.07, 6.45) is 5.96. The molecule has 0 fully saturated rings. The fourth-order valence-corrected chi connectivity index (χ4v) is 2.16. The summed E-state index contributed by atoms with van der Waals surface area (Å²) < 4.78 is 9.21. The van der Waals surface area contributed by atoms with Gasteiger partial charge in [0.2, 0.25) is 11.7 Å². The molecule has 0 unspecified atom stereocenters. The van der Waals surface area contributed by atoms with Gasteiger partial charge in [-0.15, -0.1) is 0 Å². The summed E-state index contributed by atoms with van der Waals surface area (Å²) in [7, 11) is 2.00. The second-order valence-corrected chi connectivity index (χ2v) is 4.33. The summed E-state index contributed by atoms with van der Waals surface area (Å²) in [5, 5.41) is 4.04. The van der Waals surface area contributed by atoms with Gasteiger partial charge in [-0.25, -0.2) is 0 Å². The number of nitrogens with two attached hydrogens (primary N) is 1. The van der Waals surface area contributed by atoms with Crippen molar-refractivity contribution in [2.75, 3.05) is 0 Å². The lowest BCUT2D eigenvalue weighted by molar-refractivity contribution is 0.370. The molecule has 0 bridgehead atoms. The smallest absolute Gasteiger partial charge is 0.240 e. The molecule has 3 aromatic rings. The highest BCUT2D eigenvalue weighted by Gasteiger charge is 2.23. The minimum atomic E-state index is -0.112. The Labute approximate surface area is 110 Å². The molecule has 1 atom stereocenters. The minimum absolute atomic E-state index is 0.112. The molecule has 98 valence electrons. The predicted octanol–water partition coefficient (Wildman–Crippen LogP) is 1.31. The molecule has 0 saturated heterocycles. The summed E-state index contributed by atoms with van der Waals surface area (Å²) in [4.78, 5) is 4.35. The maximum atomic E-state index is 5.52. The zero-order chi connectivity index (χ0) is 13.2. The Hall–Kier alpha value is -2.34. The molecule has 6 heteroatoms. The third kappa shape index (κ3) is 2.06. The van der Waals surface area contributed by atoms with E-state index in [0.717, 1.165) is 5.69 Å². The first-order valence-electron chi connectivity index (χ1n) is 6.06. The zero-order valence-electron chi connectivity index (χ0n) is 10.6. The highest BCUT2D eigenvalue weighted by atomic mass is 16.5. The second kappa shape index (κ2) is 4.74. The molecule has 0 saturated carbocycles. The average molecular weight is 257 g/mol. The molecule has 0 aliphatic carbocycles. The molecule has 0 aliphatic rings. The van der Waals surface area contributed by atoms with Crippen LogP contribution in [-0.2, 0) is 13.6 Å². The maximum Gasteiger partial charge on any atom is 0.240 e. The average Bonchev–Trinajstić information content (AvgIpc) is 3.14. The molecular weight excluding hydrogens is 242 g/mol. The van der Waals surface area contributed by atoms with Crippen LogP contribution in [0.2, 0.25) is 0 Å². The van der Waals surface area contributed by atoms with Crippen LogP contribution in [-0.4, -0.2) is 19.3 Å². The Morgan fingerprint density at radius 2 is 2.05 bits per heavy atom. The van der Waals surface area contributed by atoms with Crippen molar-refractivity contribution in [1.29, 1.82) is 0 Å². The van der Waals surface area contributed by atoms with Gasteiger partial charge >= 0.3 is 0 Å². The van der Waals surface area contributed by atoms with Crippen LogP contribution >= 0.6 is 0 Å². The summed E-state index contributed by atoms with van der Waals surface area (Å²) in [5.74, 6) is 1.06. The van der Waals surface area contributed by atoms with E-state index in [1.54, 1.807) is 0 Å². The first-order chi connectivity index (χ1) is 9.29. The molecule has 19 heavy (non-hydrogen) atoms. The van der Waals surface area contributed by atoms with Crippen molar-refractivity contribution in [1.82, 2.24) is 19.3 Å². The predicted molar refractivity (Wildman–Crippen MR) is 69.3 cm³/mol. The molecule has 3 aromatic heterocycles. The third-order valence-corrected chi connectivity index (χ3v) is 3.09. The van der Waals surface area contributed by atoms with E-state index in [1.165, 1.54) is 0 Å². The van der Waals surface area contributed by atoms with Crippen LogP contribution in [0, 0.1) is 0 Å². The SMILES string of the molecule is Cn1cccc1[C@H](c1noc(CN)n1)n1cccc1. The molecule has 2 N–H and O–H groups in total. The van der Waals surface area contributed by atoms with Crippen LogP contribution in [0.15, 0.2) is 47.4 Å². The van der Waals surface area contributed by atoms with Crippen molar-refractivity contribution in [3.63, 3.8) is 0 Å². The Kier molecular flexibility index (Phi) is 2.92. The van der Waals surface area contributed by atoms with E-state index < -0.39 is 0 Å². The molecule has 6 nitrogen and oxygen atoms in total. The van der Waals surface area contributed by atoms with Gasteiger partial charge in [-0.3, -0.25) is 0 Å². The van der Waals surface area contributed by atoms with E-state index >= 15 is 0 Å². The minimum Gasteiger partial charge on any atom is -0.352 e. The fourth-order valence-electron chi connectivity index (χ4n) is 2.16. The fraction of sp³-hybridized carbons (Fsp3) is 0.231. The normalized spacial score (nSPS) is 12.7. The van der Waals surface area contributed by atoms with Crippen LogP contribution in [0.25, 0.3) is 0 Å². The highest BCUT2D eigenvalue weighted by Crippen LogP contribution is 2.24. The van der Waals surface area contributed by atoms with Crippen LogP contribution in [0.4, 0.5) is 0 Å². The molecule has 0 aromatic carbocycles. The largest absolute Gasteiger partial charge is 0.352 e. The number of rotatable bonds is 4. The Bertz CT molecular complexity index is 652. The number of nitrogens with zero attached hydrogens (tertiary/aromatic N) is 4. The zero-order valence-corrected chi connectivity index (χ0v) is 10.6. The molecule has 0 aliphatic heterocycles. The molecule has 0 spiro atoms. The van der Waals surface area contributed by atoms with Crippen LogP contribution in [0.1, 0.15) is 23.5 Å². The van der Waals surface area contributed by atoms with Crippen LogP contribution in [0.3, 0.4) is 0 Å². The number of aryl methyl sites for hydroxylation is 1. The van der Waals surface area contributed by atoms with Gasteiger partial charge in [-0.2, -0.15) is 4.98 Å². The monoisotopic (exact) mass is 257 g/mol. The lowest BCUT2D eigenvalue weighted by Gasteiger charge is -2.16. The Morgan fingerprint density at radius 3 is 2.63 bits per heavy atom. The highest BCUT2D eigenvalue weighted by molar-refractivity contribution is 5.21. The van der Waals surface area contributed by atoms with E-state index in [0.29, 0.717) is 11.7 Å². The molecule has 0 amide bonds. The quantitative estimate of drug-likeness (QED) is 0.764. The second-order valence-electron chi connectivity index (χ2n) is 4.33. The van der Waals surface area contributed by atoms with Gasteiger partial charge in [0.05, 0.1) is 6.54 Å². The number of aromatic nitrogens is 4. The number of hydrogen-bond donors (Lipinski definition) is 1. The van der Waals surface area contributed by atoms with Crippen molar-refractivity contribution >= 4 is 0 Å². The molecule has 0 radical (unpaired) electrons. The van der Waals surface area contributed by atoms with Gasteiger partial charge in [-0.1, -0.05) is 5.16 Å². The van der Waals surface area contributed by atoms with E-state index in [-0.39, 0.29) is 12.6 Å². The van der Waals surface area contributed by atoms with E-state index in [9.17, 15) is 0 Å². The summed E-state index contributed by atoms with van der Waals surface area (Å²) >= 11 is 0. The summed E-state index contributed by atoms with van der Waals surface area (Å²) in [6.45, 7) is 0.249. The van der Waals surface area contributed by atoms with Gasteiger partial charge in [0.1, 0.15) is 6.04 Å². The molecule has 3 heterocycles. The molecule has 3 rings (SSSR count). The molecular formula is C13H15N5O. The van der Waals surface area contributed by atoms with Gasteiger partial charge in [0, 0.05) is 31.3 Å². The van der Waals surface area contributed by atoms with E-state index in [2.05, 4.69) is 10.1 Å². The standard InChI is InChI=1S/C13H15N5O/c1-17-6-4-5-10(17)12(18-7-2-3-8-18)13-15-11(9-14)19-16-13/h2-8,12H,9,14H2,1H3/t12-/m1/s1. The van der Waals surface area contributed by atoms with Gasteiger partial charge < -0.3 is 19.4 Å². The Balaban J connectivity index is 2.09. The Morgan fingerprint density at radius 1 is 1.26 bits per heavy atom. The summed E-state index contributed by atoms with van der Waals surface area (Å²) in [5.41, 5.74) is 6.61. The van der Waals surface area contributed by atoms with E-state index in [1.807, 2.05) is 59.0 Å². The van der Waals surface area contributed by atoms with Gasteiger partial charge in [-0.05, 0) is 24.3 Å². The van der Waals surface area contributed by atoms with Crippen molar-refractivity contribution in [3.05, 3.63) is 60.3 Å².